The Hall–Kier alpha value is -2.47. The Morgan fingerprint density at radius 1 is 1.17 bits per heavy atom. The second kappa shape index (κ2) is 10.3. The Bertz CT molecular complexity index is 1060. The van der Waals surface area contributed by atoms with Gasteiger partial charge in [0, 0.05) is 31.8 Å². The van der Waals surface area contributed by atoms with Gasteiger partial charge in [-0.1, -0.05) is 0 Å². The van der Waals surface area contributed by atoms with E-state index in [2.05, 4.69) is 38.1 Å². The van der Waals surface area contributed by atoms with E-state index in [9.17, 15) is 18.0 Å². The minimum atomic E-state index is -5.08. The summed E-state index contributed by atoms with van der Waals surface area (Å²) in [7, 11) is 0. The molecular weight excluding hydrogens is 485 g/mol. The third-order valence-electron chi connectivity index (χ3n) is 7.24. The highest BCUT2D eigenvalue weighted by Gasteiger charge is 2.47. The van der Waals surface area contributed by atoms with Crippen molar-refractivity contribution in [2.75, 3.05) is 31.1 Å². The Kier molecular flexibility index (Phi) is 7.51. The van der Waals surface area contributed by atoms with E-state index in [4.69, 9.17) is 14.6 Å². The molecule has 12 heteroatoms. The molecule has 5 heterocycles. The van der Waals surface area contributed by atoms with Gasteiger partial charge in [-0.3, -0.25) is 4.79 Å². The van der Waals surface area contributed by atoms with Crippen LogP contribution < -0.4 is 4.90 Å². The summed E-state index contributed by atoms with van der Waals surface area (Å²) in [6.45, 7) is 5.62. The monoisotopic (exact) mass is 514 g/mol. The number of hydrogen-bond donors (Lipinski definition) is 1. The average molecular weight is 515 g/mol. The van der Waals surface area contributed by atoms with E-state index < -0.39 is 12.1 Å². The molecule has 1 spiro atoms. The van der Waals surface area contributed by atoms with Crippen LogP contribution in [0.5, 0.6) is 0 Å². The van der Waals surface area contributed by atoms with Gasteiger partial charge in [-0.25, -0.2) is 14.8 Å². The number of aromatic nitrogens is 2. The summed E-state index contributed by atoms with van der Waals surface area (Å²) in [4.78, 5) is 35.9. The first-order valence-corrected chi connectivity index (χ1v) is 12.7. The molecule has 0 saturated carbocycles. The van der Waals surface area contributed by atoms with Crippen LogP contribution in [-0.2, 0) is 14.3 Å². The quantitative estimate of drug-likeness (QED) is 0.645. The minimum absolute atomic E-state index is 0.0236. The summed E-state index contributed by atoms with van der Waals surface area (Å²) < 4.78 is 38.6. The lowest BCUT2D eigenvalue weighted by Crippen LogP contribution is -2.51. The average Bonchev–Trinajstić information content (AvgIpc) is 3.52. The zero-order valence-corrected chi connectivity index (χ0v) is 20.3. The van der Waals surface area contributed by atoms with Crippen LogP contribution in [0.1, 0.15) is 45.4 Å². The number of nitrogens with zero attached hydrogens (tertiary/aromatic N) is 4. The fourth-order valence-corrected chi connectivity index (χ4v) is 6.31. The van der Waals surface area contributed by atoms with Crippen LogP contribution in [0, 0.1) is 5.92 Å². The van der Waals surface area contributed by atoms with E-state index in [1.54, 1.807) is 17.7 Å². The number of carboxylic acid groups (broad SMARTS) is 1. The van der Waals surface area contributed by atoms with Gasteiger partial charge >= 0.3 is 12.1 Å². The lowest BCUT2D eigenvalue weighted by molar-refractivity contribution is -0.192. The summed E-state index contributed by atoms with van der Waals surface area (Å²) in [5, 5.41) is 9.21. The number of alkyl halides is 3. The number of rotatable bonds is 2. The van der Waals surface area contributed by atoms with Crippen LogP contribution in [0.2, 0.25) is 0 Å². The van der Waals surface area contributed by atoms with Crippen LogP contribution in [0.4, 0.5) is 19.0 Å². The van der Waals surface area contributed by atoms with Crippen molar-refractivity contribution in [3.63, 3.8) is 0 Å². The molecule has 3 fully saturated rings. The maximum absolute atomic E-state index is 13.3. The third kappa shape index (κ3) is 5.37. The van der Waals surface area contributed by atoms with Crippen molar-refractivity contribution >= 4 is 39.2 Å². The van der Waals surface area contributed by atoms with Gasteiger partial charge in [-0.05, 0) is 56.9 Å². The van der Waals surface area contributed by atoms with Crippen LogP contribution >= 0.6 is 11.3 Å². The number of thiophene rings is 1. The number of carbonyl (C=O) groups is 2. The second-order valence-corrected chi connectivity index (χ2v) is 10.2. The molecule has 5 rings (SSSR count). The Labute approximate surface area is 205 Å². The molecular formula is C23H29F3N4O4S. The van der Waals surface area contributed by atoms with Gasteiger partial charge in [0.15, 0.2) is 0 Å². The molecule has 35 heavy (non-hydrogen) atoms. The van der Waals surface area contributed by atoms with Crippen LogP contribution in [0.3, 0.4) is 0 Å². The molecule has 0 bridgehead atoms. The van der Waals surface area contributed by atoms with Crippen molar-refractivity contribution in [3.8, 4) is 0 Å². The number of carbonyl (C=O) groups excluding carboxylic acids is 1. The zero-order chi connectivity index (χ0) is 25.2. The van der Waals surface area contributed by atoms with Gasteiger partial charge < -0.3 is 19.6 Å². The predicted octanol–water partition coefficient (Wildman–Crippen LogP) is 4.10. The minimum Gasteiger partial charge on any atom is -0.475 e. The van der Waals surface area contributed by atoms with Crippen molar-refractivity contribution in [3.05, 3.63) is 17.8 Å². The predicted molar refractivity (Wildman–Crippen MR) is 124 cm³/mol. The van der Waals surface area contributed by atoms with Crippen LogP contribution in [0.15, 0.2) is 17.8 Å². The third-order valence-corrected chi connectivity index (χ3v) is 8.14. The summed E-state index contributed by atoms with van der Waals surface area (Å²) in [6, 6.07) is 2.06. The number of halogens is 3. The molecule has 1 unspecified atom stereocenters. The van der Waals surface area contributed by atoms with Crippen molar-refractivity contribution in [1.82, 2.24) is 14.9 Å². The smallest absolute Gasteiger partial charge is 0.475 e. The number of likely N-dealkylation sites (tertiary alicyclic amines) is 1. The lowest BCUT2D eigenvalue weighted by Gasteiger charge is -2.40. The Balaban J connectivity index is 0.000000364. The maximum Gasteiger partial charge on any atom is 0.490 e. The van der Waals surface area contributed by atoms with Gasteiger partial charge in [0.25, 0.3) is 0 Å². The van der Waals surface area contributed by atoms with Crippen molar-refractivity contribution < 1.29 is 32.6 Å². The molecule has 3 atom stereocenters. The number of ether oxygens (including phenoxy) is 1. The second-order valence-electron chi connectivity index (χ2n) is 9.26. The van der Waals surface area contributed by atoms with Gasteiger partial charge in [0.2, 0.25) is 5.91 Å². The van der Waals surface area contributed by atoms with Crippen molar-refractivity contribution in [2.24, 2.45) is 5.92 Å². The van der Waals surface area contributed by atoms with E-state index in [0.29, 0.717) is 5.91 Å². The molecule has 3 saturated heterocycles. The van der Waals surface area contributed by atoms with Gasteiger partial charge in [-0.2, -0.15) is 13.2 Å². The first-order chi connectivity index (χ1) is 16.6. The Morgan fingerprint density at radius 2 is 1.89 bits per heavy atom. The Morgan fingerprint density at radius 3 is 2.54 bits per heavy atom. The summed E-state index contributed by atoms with van der Waals surface area (Å²) in [5.74, 6) is -1.32. The van der Waals surface area contributed by atoms with Gasteiger partial charge in [0.1, 0.15) is 12.1 Å². The first kappa shape index (κ1) is 25.6. The molecule has 2 aromatic heterocycles. The highest BCUT2D eigenvalue weighted by atomic mass is 32.1. The van der Waals surface area contributed by atoms with Crippen LogP contribution in [0.25, 0.3) is 10.2 Å². The number of amides is 1. The standard InChI is InChI=1S/C21H28N4O2S.C2HF3O2/c1-15-16(4-12-27-15)20(26)25-10-3-7-21(25)6-2-9-24(11-8-21)19-18-17(5-13-28-18)22-14-23-19;3-2(4,5)1(6)7/h5,13-16H,2-4,6-12H2,1H3;(H,6,7)/t15-,16-,21?;/m0./s1. The molecule has 0 radical (unpaired) electrons. The topological polar surface area (TPSA) is 95.9 Å². The summed E-state index contributed by atoms with van der Waals surface area (Å²) >= 11 is 1.72. The SMILES string of the molecule is C[C@@H]1OCC[C@@H]1C(=O)N1CCCC12CCCN(c1ncnc3ccsc13)CC2.O=C(O)C(F)(F)F. The molecule has 1 N–H and O–H groups in total. The fourth-order valence-electron chi connectivity index (χ4n) is 5.45. The normalized spacial score (nSPS) is 27.1. The number of carboxylic acids is 1. The number of fused-ring (bicyclic) bond motifs is 1. The van der Waals surface area contributed by atoms with E-state index in [1.165, 1.54) is 4.70 Å². The van der Waals surface area contributed by atoms with E-state index >= 15 is 0 Å². The first-order valence-electron chi connectivity index (χ1n) is 11.8. The van der Waals surface area contributed by atoms with Crippen LogP contribution in [-0.4, -0.2) is 75.9 Å². The molecule has 192 valence electrons. The molecule has 0 aromatic carbocycles. The molecule has 3 aliphatic rings. The summed E-state index contributed by atoms with van der Waals surface area (Å²) in [6.07, 6.45) is 2.99. The van der Waals surface area contributed by atoms with Gasteiger partial charge in [0.05, 0.1) is 22.2 Å². The molecule has 8 nitrogen and oxygen atoms in total. The van der Waals surface area contributed by atoms with E-state index in [-0.39, 0.29) is 17.6 Å². The largest absolute Gasteiger partial charge is 0.490 e. The zero-order valence-electron chi connectivity index (χ0n) is 19.5. The molecule has 3 aliphatic heterocycles. The molecule has 0 aliphatic carbocycles. The summed E-state index contributed by atoms with van der Waals surface area (Å²) in [5.41, 5.74) is 1.05. The van der Waals surface area contributed by atoms with E-state index in [1.807, 2.05) is 0 Å². The molecule has 1 amide bonds. The fraction of sp³-hybridized carbons (Fsp3) is 0.652. The van der Waals surface area contributed by atoms with Crippen molar-refractivity contribution in [1.29, 1.82) is 0 Å². The van der Waals surface area contributed by atoms with E-state index in [0.717, 1.165) is 76.1 Å². The van der Waals surface area contributed by atoms with Crippen molar-refractivity contribution in [2.45, 2.75) is 63.3 Å². The molecule has 2 aromatic rings. The highest BCUT2D eigenvalue weighted by molar-refractivity contribution is 7.17. The van der Waals surface area contributed by atoms with Gasteiger partial charge in [-0.15, -0.1) is 11.3 Å². The highest BCUT2D eigenvalue weighted by Crippen LogP contribution is 2.41. The number of anilines is 1. The maximum atomic E-state index is 13.3. The number of hydrogen-bond acceptors (Lipinski definition) is 7. The lowest BCUT2D eigenvalue weighted by atomic mass is 9.86. The number of aliphatic carboxylic acids is 1.